The fourth-order valence-electron chi connectivity index (χ4n) is 7.04. The van der Waals surface area contributed by atoms with Crippen LogP contribution in [-0.4, -0.2) is 49.5 Å². The van der Waals surface area contributed by atoms with Crippen LogP contribution < -0.4 is 5.43 Å². The van der Waals surface area contributed by atoms with Crippen LogP contribution in [0.3, 0.4) is 0 Å². The van der Waals surface area contributed by atoms with E-state index in [0.29, 0.717) is 5.82 Å². The van der Waals surface area contributed by atoms with Gasteiger partial charge in [0.05, 0.1) is 6.61 Å². The minimum absolute atomic E-state index is 0.0609. The van der Waals surface area contributed by atoms with Crippen LogP contribution >= 0.6 is 0 Å². The van der Waals surface area contributed by atoms with E-state index in [-0.39, 0.29) is 12.6 Å². The molecule has 0 bridgehead atoms. The number of allylic oxidation sites excluding steroid dienone is 1. The highest BCUT2D eigenvalue weighted by atomic mass is 16.3. The monoisotopic (exact) mass is 646 g/mol. The first-order chi connectivity index (χ1) is 24.1. The van der Waals surface area contributed by atoms with Crippen LogP contribution in [-0.2, 0) is 12.0 Å². The van der Waals surface area contributed by atoms with Crippen LogP contribution in [0, 0.1) is 0 Å². The van der Waals surface area contributed by atoms with Gasteiger partial charge in [0.1, 0.15) is 0 Å². The maximum absolute atomic E-state index is 10.2. The topological polar surface area (TPSA) is 79.1 Å². The number of benzene rings is 5. The largest absolute Gasteiger partial charge is 0.392 e. The van der Waals surface area contributed by atoms with Gasteiger partial charge in [-0.2, -0.15) is 0 Å². The molecule has 1 unspecified atom stereocenters. The molecule has 0 amide bonds. The van der Waals surface area contributed by atoms with E-state index < -0.39 is 5.54 Å². The number of nitrogens with zero attached hydrogens (tertiary/aromatic N) is 5. The van der Waals surface area contributed by atoms with Gasteiger partial charge in [0.25, 0.3) is 0 Å². The molecular weight excluding hydrogens is 605 g/mol. The van der Waals surface area contributed by atoms with E-state index in [1.54, 1.807) is 4.80 Å². The summed E-state index contributed by atoms with van der Waals surface area (Å²) in [7, 11) is 0. The van der Waals surface area contributed by atoms with Crippen molar-refractivity contribution in [3.63, 3.8) is 0 Å². The summed E-state index contributed by atoms with van der Waals surface area (Å²) in [6.45, 7) is 5.31. The van der Waals surface area contributed by atoms with Gasteiger partial charge >= 0.3 is 0 Å². The fourth-order valence-corrected chi connectivity index (χ4v) is 7.04. The molecule has 7 heteroatoms. The number of aliphatic hydroxyl groups is 1. The minimum Gasteiger partial charge on any atom is -0.392 e. The molecule has 7 rings (SSSR count). The summed E-state index contributed by atoms with van der Waals surface area (Å²) in [6.07, 6.45) is 2.98. The Hall–Kier alpha value is -5.37. The first kappa shape index (κ1) is 32.2. The zero-order chi connectivity index (χ0) is 33.6. The number of unbranched alkanes of at least 4 members (excludes halogenated alkanes) is 1. The molecule has 1 aliphatic rings. The van der Waals surface area contributed by atoms with Crippen LogP contribution in [0.4, 0.5) is 0 Å². The van der Waals surface area contributed by atoms with Crippen LogP contribution in [0.1, 0.15) is 48.9 Å². The number of aliphatic hydroxyl groups excluding tert-OH is 1. The second-order valence-electron chi connectivity index (χ2n) is 12.6. The Bertz CT molecular complexity index is 1910. The Balaban J connectivity index is 1.26. The standard InChI is InChI=1S/C42H42N6O/c1-3-4-28-47-40(39(30-49)31(2)44-47)29-32-24-26-33(27-25-32)37-22-14-15-23-38(37)41-43-46-48(45-41)42(34-16-8-5-9-17-34,35-18-10-6-11-19-35)36-20-12-7-13-21-36/h5-27,31,44,49H,3-4,28-30H2,1-2H3. The highest BCUT2D eigenvalue weighted by Gasteiger charge is 2.41. The van der Waals surface area contributed by atoms with Gasteiger partial charge in [-0.25, -0.2) is 5.43 Å². The van der Waals surface area contributed by atoms with Gasteiger partial charge in [-0.1, -0.05) is 153 Å². The maximum atomic E-state index is 10.2. The van der Waals surface area contributed by atoms with Crippen molar-refractivity contribution >= 4 is 0 Å². The molecule has 7 nitrogen and oxygen atoms in total. The van der Waals surface area contributed by atoms with Gasteiger partial charge in [0.15, 0.2) is 5.54 Å². The number of rotatable bonds is 12. The molecule has 1 atom stereocenters. The molecule has 49 heavy (non-hydrogen) atoms. The quantitative estimate of drug-likeness (QED) is 0.133. The summed E-state index contributed by atoms with van der Waals surface area (Å²) in [5.74, 6) is 0.558. The van der Waals surface area contributed by atoms with Gasteiger partial charge in [-0.3, -0.25) is 0 Å². The fraction of sp³-hybridized carbons (Fsp3) is 0.214. The molecule has 1 aromatic heterocycles. The summed E-state index contributed by atoms with van der Waals surface area (Å²) >= 11 is 0. The van der Waals surface area contributed by atoms with Gasteiger partial charge in [-0.05, 0) is 57.5 Å². The molecule has 2 heterocycles. The van der Waals surface area contributed by atoms with Crippen molar-refractivity contribution in [1.82, 2.24) is 30.6 Å². The third-order valence-corrected chi connectivity index (χ3v) is 9.57. The van der Waals surface area contributed by atoms with Gasteiger partial charge in [0.2, 0.25) is 5.82 Å². The lowest BCUT2D eigenvalue weighted by molar-refractivity contribution is 0.249. The van der Waals surface area contributed by atoms with Crippen molar-refractivity contribution in [1.29, 1.82) is 0 Å². The van der Waals surface area contributed by atoms with Crippen molar-refractivity contribution in [3.05, 3.63) is 173 Å². The highest BCUT2D eigenvalue weighted by Crippen LogP contribution is 2.40. The lowest BCUT2D eigenvalue weighted by Gasteiger charge is -2.34. The Labute approximate surface area is 288 Å². The van der Waals surface area contributed by atoms with Crippen molar-refractivity contribution in [2.45, 2.75) is 44.7 Å². The van der Waals surface area contributed by atoms with E-state index in [2.05, 4.69) is 140 Å². The minimum atomic E-state index is -0.842. The third kappa shape index (κ3) is 6.19. The molecule has 0 aliphatic carbocycles. The molecule has 5 aromatic carbocycles. The van der Waals surface area contributed by atoms with E-state index >= 15 is 0 Å². The molecule has 0 saturated heterocycles. The Kier molecular flexibility index (Phi) is 9.46. The lowest BCUT2D eigenvalue weighted by Crippen LogP contribution is -2.39. The number of aromatic nitrogens is 4. The normalized spacial score (nSPS) is 14.8. The van der Waals surface area contributed by atoms with E-state index in [0.717, 1.165) is 64.8 Å². The van der Waals surface area contributed by atoms with Gasteiger partial charge in [-0.15, -0.1) is 15.0 Å². The zero-order valence-corrected chi connectivity index (χ0v) is 28.1. The number of nitrogens with one attached hydrogen (secondary N) is 1. The molecule has 1 aliphatic heterocycles. The van der Waals surface area contributed by atoms with Crippen molar-refractivity contribution in [2.24, 2.45) is 0 Å². The van der Waals surface area contributed by atoms with E-state index in [9.17, 15) is 5.11 Å². The Morgan fingerprint density at radius 1 is 0.714 bits per heavy atom. The van der Waals surface area contributed by atoms with Crippen LogP contribution in [0.5, 0.6) is 0 Å². The zero-order valence-electron chi connectivity index (χ0n) is 28.1. The number of hydrogen-bond acceptors (Lipinski definition) is 6. The molecule has 0 spiro atoms. The van der Waals surface area contributed by atoms with Crippen LogP contribution in [0.25, 0.3) is 22.5 Å². The summed E-state index contributed by atoms with van der Waals surface area (Å²) < 4.78 is 0. The molecule has 6 aromatic rings. The first-order valence-electron chi connectivity index (χ1n) is 17.2. The third-order valence-electron chi connectivity index (χ3n) is 9.57. The van der Waals surface area contributed by atoms with Crippen LogP contribution in [0.15, 0.2) is 151 Å². The van der Waals surface area contributed by atoms with Crippen molar-refractivity contribution in [3.8, 4) is 22.5 Å². The maximum Gasteiger partial charge on any atom is 0.205 e. The smallest absolute Gasteiger partial charge is 0.205 e. The highest BCUT2D eigenvalue weighted by molar-refractivity contribution is 5.80. The van der Waals surface area contributed by atoms with Crippen molar-refractivity contribution in [2.75, 3.05) is 13.2 Å². The summed E-state index contributed by atoms with van der Waals surface area (Å²) in [5.41, 5.74) is 12.3. The van der Waals surface area contributed by atoms with Crippen molar-refractivity contribution < 1.29 is 5.11 Å². The number of hydrogen-bond donors (Lipinski definition) is 2. The first-order valence-corrected chi connectivity index (χ1v) is 17.2. The SMILES string of the molecule is CCCCN1NC(C)C(CO)=C1Cc1ccc(-c2ccccc2-c2nnn(C(c3ccccc3)(c3ccccc3)c3ccccc3)n2)cc1. The number of hydrazine groups is 1. The molecular formula is C42H42N6O. The molecule has 0 radical (unpaired) electrons. The molecule has 0 saturated carbocycles. The second kappa shape index (κ2) is 14.4. The van der Waals surface area contributed by atoms with Gasteiger partial charge in [0, 0.05) is 30.3 Å². The average Bonchev–Trinajstić information content (AvgIpc) is 3.77. The molecule has 0 fully saturated rings. The predicted molar refractivity (Wildman–Crippen MR) is 195 cm³/mol. The Morgan fingerprint density at radius 2 is 1.27 bits per heavy atom. The summed E-state index contributed by atoms with van der Waals surface area (Å²) in [5, 5.41) is 27.0. The van der Waals surface area contributed by atoms with Gasteiger partial charge < -0.3 is 10.1 Å². The lowest BCUT2D eigenvalue weighted by atomic mass is 9.77. The molecule has 2 N–H and O–H groups in total. The Morgan fingerprint density at radius 3 is 1.82 bits per heavy atom. The predicted octanol–water partition coefficient (Wildman–Crippen LogP) is 7.65. The summed E-state index contributed by atoms with van der Waals surface area (Å²) in [6, 6.07) is 48.3. The molecule has 246 valence electrons. The summed E-state index contributed by atoms with van der Waals surface area (Å²) in [4.78, 5) is 1.77. The second-order valence-corrected chi connectivity index (χ2v) is 12.6. The van der Waals surface area contributed by atoms with E-state index in [1.807, 2.05) is 24.3 Å². The van der Waals surface area contributed by atoms with E-state index in [4.69, 9.17) is 15.4 Å². The average molecular weight is 647 g/mol. The van der Waals surface area contributed by atoms with E-state index in [1.165, 1.54) is 11.3 Å². The number of tetrazole rings is 1. The van der Waals surface area contributed by atoms with Crippen LogP contribution in [0.2, 0.25) is 0 Å².